The van der Waals surface area contributed by atoms with E-state index in [0.29, 0.717) is 0 Å². The molecule has 3 heteroatoms. The van der Waals surface area contributed by atoms with Crippen LogP contribution >= 0.6 is 0 Å². The third-order valence-corrected chi connectivity index (χ3v) is 14.6. The first-order valence-corrected chi connectivity index (χ1v) is 24.0. The van der Waals surface area contributed by atoms with E-state index in [1.165, 1.54) is 44.5 Å². The standard InChI is InChI=1S/C67H43NO2/c1-3-16-44(17-4-1)47-20-13-21-50(42-47)67(59-27-10-7-22-54(59)55-23-8-11-28-60(55)67)49-35-39-52(40-36-49)68(51-37-32-46(33-38-51)53-25-14-26-57-56-24-9-12-30-62(56)70-66(53)57)61-29-15-31-64-65(61)58-43-48(34-41-63(58)69-64)45-18-5-2-6-19-45/h1-43H. The van der Waals surface area contributed by atoms with E-state index in [4.69, 9.17) is 8.83 Å². The molecule has 0 saturated carbocycles. The minimum Gasteiger partial charge on any atom is -0.456 e. The number of benzene rings is 11. The van der Waals surface area contributed by atoms with Gasteiger partial charge in [-0.2, -0.15) is 0 Å². The van der Waals surface area contributed by atoms with Gasteiger partial charge in [-0.15, -0.1) is 0 Å². The molecule has 14 rings (SSSR count). The second-order valence-electron chi connectivity index (χ2n) is 18.3. The van der Waals surface area contributed by atoms with Crippen LogP contribution in [0.5, 0.6) is 0 Å². The normalized spacial score (nSPS) is 12.7. The van der Waals surface area contributed by atoms with Crippen LogP contribution in [0.1, 0.15) is 22.3 Å². The van der Waals surface area contributed by atoms with Gasteiger partial charge in [0.15, 0.2) is 0 Å². The third-order valence-electron chi connectivity index (χ3n) is 14.6. The van der Waals surface area contributed by atoms with Gasteiger partial charge in [0.1, 0.15) is 22.3 Å². The largest absolute Gasteiger partial charge is 0.456 e. The second-order valence-corrected chi connectivity index (χ2v) is 18.3. The average Bonchev–Trinajstić information content (AvgIpc) is 4.11. The summed E-state index contributed by atoms with van der Waals surface area (Å²) in [6.07, 6.45) is 0. The predicted octanol–water partition coefficient (Wildman–Crippen LogP) is 18.3. The zero-order valence-corrected chi connectivity index (χ0v) is 38.1. The Morgan fingerprint density at radius 3 is 1.56 bits per heavy atom. The highest BCUT2D eigenvalue weighted by atomic mass is 16.3. The lowest BCUT2D eigenvalue weighted by Gasteiger charge is -2.35. The summed E-state index contributed by atoms with van der Waals surface area (Å²) in [5.41, 5.74) is 20.4. The van der Waals surface area contributed by atoms with Gasteiger partial charge in [-0.3, -0.25) is 0 Å². The van der Waals surface area contributed by atoms with Crippen LogP contribution in [0, 0.1) is 0 Å². The van der Waals surface area contributed by atoms with E-state index in [1.54, 1.807) is 0 Å². The van der Waals surface area contributed by atoms with E-state index in [0.717, 1.165) is 83.2 Å². The van der Waals surface area contributed by atoms with Crippen molar-refractivity contribution in [3.63, 3.8) is 0 Å². The van der Waals surface area contributed by atoms with E-state index in [1.807, 2.05) is 12.1 Å². The van der Waals surface area contributed by atoms with Crippen molar-refractivity contribution in [2.24, 2.45) is 0 Å². The molecular formula is C67H43NO2. The lowest BCUT2D eigenvalue weighted by molar-refractivity contribution is 0.669. The Balaban J connectivity index is 0.969. The van der Waals surface area contributed by atoms with Crippen LogP contribution in [0.3, 0.4) is 0 Å². The van der Waals surface area contributed by atoms with Gasteiger partial charge in [0.2, 0.25) is 0 Å². The molecule has 2 heterocycles. The number of hydrogen-bond donors (Lipinski definition) is 0. The van der Waals surface area contributed by atoms with E-state index in [2.05, 4.69) is 254 Å². The maximum absolute atomic E-state index is 6.67. The van der Waals surface area contributed by atoms with Crippen LogP contribution < -0.4 is 4.90 Å². The van der Waals surface area contributed by atoms with Crippen LogP contribution in [-0.4, -0.2) is 0 Å². The Bertz CT molecular complexity index is 4060. The van der Waals surface area contributed by atoms with E-state index >= 15 is 0 Å². The summed E-state index contributed by atoms with van der Waals surface area (Å²) in [5.74, 6) is 0. The molecule has 3 nitrogen and oxygen atoms in total. The summed E-state index contributed by atoms with van der Waals surface area (Å²) >= 11 is 0. The summed E-state index contributed by atoms with van der Waals surface area (Å²) in [6, 6.07) is 94.3. The summed E-state index contributed by atoms with van der Waals surface area (Å²) in [7, 11) is 0. The minimum atomic E-state index is -0.574. The zero-order valence-electron chi connectivity index (χ0n) is 38.1. The zero-order chi connectivity index (χ0) is 46.2. The second kappa shape index (κ2) is 16.0. The molecule has 0 radical (unpaired) electrons. The Morgan fingerprint density at radius 1 is 0.300 bits per heavy atom. The number of furan rings is 2. The number of anilines is 3. The molecule has 0 atom stereocenters. The lowest BCUT2D eigenvalue weighted by atomic mass is 9.67. The highest BCUT2D eigenvalue weighted by Crippen LogP contribution is 2.57. The highest BCUT2D eigenvalue weighted by Gasteiger charge is 2.46. The summed E-state index contributed by atoms with van der Waals surface area (Å²) in [6.45, 7) is 0. The molecule has 0 aliphatic heterocycles. The predicted molar refractivity (Wildman–Crippen MR) is 289 cm³/mol. The number of para-hydroxylation sites is 2. The summed E-state index contributed by atoms with van der Waals surface area (Å²) in [5, 5.41) is 4.36. The fourth-order valence-electron chi connectivity index (χ4n) is 11.4. The smallest absolute Gasteiger partial charge is 0.143 e. The Kier molecular flexibility index (Phi) is 9.11. The van der Waals surface area contributed by atoms with Gasteiger partial charge in [-0.1, -0.05) is 200 Å². The monoisotopic (exact) mass is 893 g/mol. The molecule has 0 fully saturated rings. The molecule has 1 aliphatic rings. The quantitative estimate of drug-likeness (QED) is 0.152. The first-order chi connectivity index (χ1) is 34.7. The van der Waals surface area contributed by atoms with Gasteiger partial charge in [-0.05, 0) is 122 Å². The molecule has 0 saturated heterocycles. The van der Waals surface area contributed by atoms with Gasteiger partial charge in [0, 0.05) is 33.1 Å². The van der Waals surface area contributed by atoms with Crippen LogP contribution in [0.15, 0.2) is 270 Å². The topological polar surface area (TPSA) is 29.5 Å². The molecule has 328 valence electrons. The molecular weight excluding hydrogens is 851 g/mol. The molecule has 0 amide bonds. The van der Waals surface area contributed by atoms with Gasteiger partial charge < -0.3 is 13.7 Å². The molecule has 0 unspecified atom stereocenters. The van der Waals surface area contributed by atoms with Crippen molar-refractivity contribution >= 4 is 60.9 Å². The third kappa shape index (κ3) is 6.15. The molecule has 0 bridgehead atoms. The molecule has 70 heavy (non-hydrogen) atoms. The van der Waals surface area contributed by atoms with Crippen LogP contribution in [-0.2, 0) is 5.41 Å². The summed E-state index contributed by atoms with van der Waals surface area (Å²) < 4.78 is 13.2. The van der Waals surface area contributed by atoms with Crippen molar-refractivity contribution in [3.05, 3.63) is 283 Å². The maximum atomic E-state index is 6.67. The van der Waals surface area contributed by atoms with Crippen LogP contribution in [0.4, 0.5) is 17.1 Å². The SMILES string of the molecule is c1ccc(-c2cccc(C3(c4ccc(N(c5ccc(-c6cccc7c6oc6ccccc67)cc5)c5cccc6oc7ccc(-c8ccccc8)cc7c56)cc4)c4ccccc4-c4ccccc43)c2)cc1. The molecule has 2 aromatic heterocycles. The Hall–Kier alpha value is -9.18. The Morgan fingerprint density at radius 2 is 0.829 bits per heavy atom. The van der Waals surface area contributed by atoms with Crippen molar-refractivity contribution in [1.82, 2.24) is 0 Å². The van der Waals surface area contributed by atoms with Crippen molar-refractivity contribution in [1.29, 1.82) is 0 Å². The van der Waals surface area contributed by atoms with E-state index in [9.17, 15) is 0 Å². The first-order valence-electron chi connectivity index (χ1n) is 24.0. The number of nitrogens with zero attached hydrogens (tertiary/aromatic N) is 1. The fourth-order valence-corrected chi connectivity index (χ4v) is 11.4. The average molecular weight is 894 g/mol. The van der Waals surface area contributed by atoms with Gasteiger partial charge in [0.25, 0.3) is 0 Å². The number of rotatable bonds is 8. The van der Waals surface area contributed by atoms with Gasteiger partial charge in [-0.25, -0.2) is 0 Å². The Labute approximate surface area is 405 Å². The van der Waals surface area contributed by atoms with E-state index in [-0.39, 0.29) is 0 Å². The van der Waals surface area contributed by atoms with Crippen molar-refractivity contribution in [2.45, 2.75) is 5.41 Å². The van der Waals surface area contributed by atoms with E-state index < -0.39 is 5.41 Å². The first kappa shape index (κ1) is 39.9. The molecule has 1 aliphatic carbocycles. The maximum Gasteiger partial charge on any atom is 0.143 e. The molecule has 13 aromatic rings. The number of hydrogen-bond acceptors (Lipinski definition) is 3. The number of fused-ring (bicyclic) bond motifs is 9. The van der Waals surface area contributed by atoms with Crippen LogP contribution in [0.2, 0.25) is 0 Å². The lowest BCUT2D eigenvalue weighted by Crippen LogP contribution is -2.28. The minimum absolute atomic E-state index is 0.574. The van der Waals surface area contributed by atoms with Crippen molar-refractivity contribution in [2.75, 3.05) is 4.90 Å². The van der Waals surface area contributed by atoms with Gasteiger partial charge in [0.05, 0.1) is 16.5 Å². The summed E-state index contributed by atoms with van der Waals surface area (Å²) in [4.78, 5) is 2.39. The van der Waals surface area contributed by atoms with Crippen LogP contribution in [0.25, 0.3) is 88.4 Å². The molecule has 0 spiro atoms. The van der Waals surface area contributed by atoms with Gasteiger partial charge >= 0.3 is 0 Å². The van der Waals surface area contributed by atoms with Crippen molar-refractivity contribution in [3.8, 4) is 44.5 Å². The highest BCUT2D eigenvalue weighted by molar-refractivity contribution is 6.14. The molecule has 11 aromatic carbocycles. The van der Waals surface area contributed by atoms with Crippen molar-refractivity contribution < 1.29 is 8.83 Å². The fraction of sp³-hybridized carbons (Fsp3) is 0.0149. The molecule has 0 N–H and O–H groups in total.